The Morgan fingerprint density at radius 1 is 0.721 bits per heavy atom. The normalized spacial score (nSPS) is 13.5. The summed E-state index contributed by atoms with van der Waals surface area (Å²) in [7, 11) is 0. The number of hydrogen-bond acceptors (Lipinski definition) is 7. The molecule has 1 aliphatic heterocycles. The molecule has 1 fully saturated rings. The van der Waals surface area contributed by atoms with Crippen LogP contribution in [0.3, 0.4) is 0 Å². The number of amides is 1. The molecule has 0 unspecified atom stereocenters. The average Bonchev–Trinajstić information content (AvgIpc) is 3.02. The first kappa shape index (κ1) is 33.9. The minimum absolute atomic E-state index is 0.0547. The van der Waals surface area contributed by atoms with Crippen LogP contribution < -0.4 is 14.2 Å². The molecular weight excluding hydrogens is 546 g/mol. The molecule has 236 valence electrons. The van der Waals surface area contributed by atoms with Crippen molar-refractivity contribution < 1.29 is 33.3 Å². The van der Waals surface area contributed by atoms with E-state index in [9.17, 15) is 14.4 Å². The van der Waals surface area contributed by atoms with Gasteiger partial charge in [-0.05, 0) is 67.8 Å². The first-order valence-electron chi connectivity index (χ1n) is 16.2. The number of esters is 1. The Kier molecular flexibility index (Phi) is 14.9. The fourth-order valence-corrected chi connectivity index (χ4v) is 5.20. The number of piperidine rings is 1. The largest absolute Gasteiger partial charge is 0.514 e. The van der Waals surface area contributed by atoms with E-state index in [1.54, 1.807) is 48.5 Å². The number of hydrogen-bond donors (Lipinski definition) is 0. The van der Waals surface area contributed by atoms with Crippen LogP contribution in [0, 0.1) is 5.92 Å². The smallest absolute Gasteiger partial charge is 0.494 e. The van der Waals surface area contributed by atoms with Crippen molar-refractivity contribution >= 4 is 18.0 Å². The number of rotatable bonds is 17. The molecule has 1 aliphatic rings. The zero-order valence-electron chi connectivity index (χ0n) is 26.2. The highest BCUT2D eigenvalue weighted by Crippen LogP contribution is 2.22. The molecule has 1 amide bonds. The van der Waals surface area contributed by atoms with E-state index in [1.165, 1.54) is 44.9 Å². The molecule has 0 bridgehead atoms. The molecule has 0 aliphatic carbocycles. The van der Waals surface area contributed by atoms with Crippen molar-refractivity contribution in [3.05, 3.63) is 54.1 Å². The Labute approximate surface area is 257 Å². The zero-order valence-corrected chi connectivity index (χ0v) is 26.2. The third-order valence-electron chi connectivity index (χ3n) is 7.94. The molecule has 43 heavy (non-hydrogen) atoms. The van der Waals surface area contributed by atoms with Crippen molar-refractivity contribution in [1.82, 2.24) is 4.90 Å². The van der Waals surface area contributed by atoms with E-state index in [-0.39, 0.29) is 23.7 Å². The van der Waals surface area contributed by atoms with Gasteiger partial charge in [0.2, 0.25) is 5.91 Å². The minimum atomic E-state index is -0.792. The van der Waals surface area contributed by atoms with Gasteiger partial charge in [-0.15, -0.1) is 0 Å². The van der Waals surface area contributed by atoms with Gasteiger partial charge in [-0.1, -0.05) is 65.7 Å². The van der Waals surface area contributed by atoms with Crippen LogP contribution in [-0.2, 0) is 9.53 Å². The second-order valence-corrected chi connectivity index (χ2v) is 11.2. The van der Waals surface area contributed by atoms with Crippen LogP contribution >= 0.6 is 0 Å². The lowest BCUT2D eigenvalue weighted by atomic mass is 9.99. The van der Waals surface area contributed by atoms with E-state index < -0.39 is 12.1 Å². The average molecular weight is 596 g/mol. The minimum Gasteiger partial charge on any atom is -0.494 e. The molecular formula is C35H49NO7. The first-order chi connectivity index (χ1) is 20.9. The maximum absolute atomic E-state index is 12.6. The zero-order chi connectivity index (χ0) is 30.9. The van der Waals surface area contributed by atoms with Gasteiger partial charge in [0.25, 0.3) is 0 Å². The summed E-state index contributed by atoms with van der Waals surface area (Å²) in [4.78, 5) is 39.3. The maximum atomic E-state index is 12.6. The predicted molar refractivity (Wildman–Crippen MR) is 167 cm³/mol. The third-order valence-corrected chi connectivity index (χ3v) is 7.94. The molecule has 0 atom stereocenters. The van der Waals surface area contributed by atoms with Crippen molar-refractivity contribution in [2.75, 3.05) is 19.7 Å². The van der Waals surface area contributed by atoms with Gasteiger partial charge in [-0.25, -0.2) is 9.59 Å². The van der Waals surface area contributed by atoms with Crippen molar-refractivity contribution in [2.45, 2.75) is 104 Å². The summed E-state index contributed by atoms with van der Waals surface area (Å²) < 4.78 is 22.0. The van der Waals surface area contributed by atoms with Crippen molar-refractivity contribution in [3.8, 4) is 17.2 Å². The summed E-state index contributed by atoms with van der Waals surface area (Å²) in [6.45, 7) is 8.10. The fourth-order valence-electron chi connectivity index (χ4n) is 5.20. The van der Waals surface area contributed by atoms with Crippen LogP contribution in [0.15, 0.2) is 48.5 Å². The lowest BCUT2D eigenvalue weighted by Gasteiger charge is -2.33. The van der Waals surface area contributed by atoms with E-state index in [4.69, 9.17) is 18.9 Å². The van der Waals surface area contributed by atoms with Crippen molar-refractivity contribution in [3.63, 3.8) is 0 Å². The summed E-state index contributed by atoms with van der Waals surface area (Å²) >= 11 is 0. The molecule has 1 heterocycles. The molecule has 0 spiro atoms. The van der Waals surface area contributed by atoms with Crippen molar-refractivity contribution in [1.29, 1.82) is 0 Å². The molecule has 1 saturated heterocycles. The van der Waals surface area contributed by atoms with Crippen LogP contribution in [0.5, 0.6) is 17.2 Å². The Balaban J connectivity index is 1.33. The van der Waals surface area contributed by atoms with Crippen LogP contribution in [-0.4, -0.2) is 48.7 Å². The number of likely N-dealkylation sites (tertiary alicyclic amines) is 1. The van der Waals surface area contributed by atoms with E-state index >= 15 is 0 Å². The number of ether oxygens (including phenoxy) is 4. The first-order valence-corrected chi connectivity index (χ1v) is 16.2. The lowest BCUT2D eigenvalue weighted by molar-refractivity contribution is -0.137. The van der Waals surface area contributed by atoms with Gasteiger partial charge in [-0.2, -0.15) is 0 Å². The Morgan fingerprint density at radius 3 is 1.84 bits per heavy atom. The summed E-state index contributed by atoms with van der Waals surface area (Å²) in [5.74, 6) is 1.09. The van der Waals surface area contributed by atoms with Gasteiger partial charge in [0, 0.05) is 31.8 Å². The highest BCUT2D eigenvalue weighted by Gasteiger charge is 2.28. The molecule has 2 aromatic rings. The maximum Gasteiger partial charge on any atom is 0.514 e. The van der Waals surface area contributed by atoms with E-state index in [2.05, 4.69) is 6.92 Å². The molecule has 0 radical (unpaired) electrons. The lowest BCUT2D eigenvalue weighted by Crippen LogP contribution is -2.44. The molecule has 0 saturated carbocycles. The van der Waals surface area contributed by atoms with Crippen molar-refractivity contribution in [2.24, 2.45) is 5.92 Å². The van der Waals surface area contributed by atoms with Gasteiger partial charge in [0.05, 0.1) is 12.2 Å². The number of carbonyl (C=O) groups excluding carboxylic acids is 3. The van der Waals surface area contributed by atoms with Gasteiger partial charge >= 0.3 is 12.1 Å². The fraction of sp³-hybridized carbons (Fsp3) is 0.571. The van der Waals surface area contributed by atoms with Crippen LogP contribution in [0.25, 0.3) is 0 Å². The quantitative estimate of drug-likeness (QED) is 0.0785. The van der Waals surface area contributed by atoms with E-state index in [1.807, 2.05) is 18.7 Å². The van der Waals surface area contributed by atoms with E-state index in [0.29, 0.717) is 43.9 Å². The standard InChI is InChI=1S/C35H49NO7/c1-4-7-8-9-10-11-12-13-26-40-29-16-14-28(15-17-29)34(38)41-30-18-20-31(21-19-30)42-35(39)43-32-22-24-36(25-23-32)33(37)27(5-2)6-3/h14-21,27,32H,4-13,22-26H2,1-3H3. The molecule has 8 nitrogen and oxygen atoms in total. The Morgan fingerprint density at radius 2 is 1.26 bits per heavy atom. The third kappa shape index (κ3) is 11.9. The van der Waals surface area contributed by atoms with Gasteiger partial charge < -0.3 is 23.8 Å². The molecule has 8 heteroatoms. The SMILES string of the molecule is CCCCCCCCCCOc1ccc(C(=O)Oc2ccc(OC(=O)OC3CCN(C(=O)C(CC)CC)CC3)cc2)cc1. The van der Waals surface area contributed by atoms with Gasteiger partial charge in [0.1, 0.15) is 23.4 Å². The topological polar surface area (TPSA) is 91.4 Å². The summed E-state index contributed by atoms with van der Waals surface area (Å²) in [6, 6.07) is 13.1. The van der Waals surface area contributed by atoms with Crippen LogP contribution in [0.2, 0.25) is 0 Å². The monoisotopic (exact) mass is 595 g/mol. The van der Waals surface area contributed by atoms with Gasteiger partial charge in [-0.3, -0.25) is 4.79 Å². The second kappa shape index (κ2) is 18.9. The summed E-state index contributed by atoms with van der Waals surface area (Å²) in [5, 5.41) is 0. The number of benzene rings is 2. The Hall–Kier alpha value is -3.55. The summed E-state index contributed by atoms with van der Waals surface area (Å²) in [5.41, 5.74) is 0.413. The van der Waals surface area contributed by atoms with Crippen LogP contribution in [0.4, 0.5) is 4.79 Å². The van der Waals surface area contributed by atoms with Crippen LogP contribution in [0.1, 0.15) is 108 Å². The highest BCUT2D eigenvalue weighted by molar-refractivity contribution is 5.91. The van der Waals surface area contributed by atoms with E-state index in [0.717, 1.165) is 25.0 Å². The number of nitrogens with zero attached hydrogens (tertiary/aromatic N) is 1. The predicted octanol–water partition coefficient (Wildman–Crippen LogP) is 8.37. The summed E-state index contributed by atoms with van der Waals surface area (Å²) in [6.07, 6.45) is 11.7. The Bertz CT molecular complexity index is 1100. The molecule has 2 aromatic carbocycles. The second-order valence-electron chi connectivity index (χ2n) is 11.2. The highest BCUT2D eigenvalue weighted by atomic mass is 16.7. The number of unbranched alkanes of at least 4 members (excludes halogenated alkanes) is 7. The molecule has 0 N–H and O–H groups in total. The molecule has 0 aromatic heterocycles. The number of carbonyl (C=O) groups is 3. The molecule has 3 rings (SSSR count). The van der Waals surface area contributed by atoms with Gasteiger partial charge in [0.15, 0.2) is 0 Å².